The summed E-state index contributed by atoms with van der Waals surface area (Å²) in [6.07, 6.45) is 1.02. The molecule has 1 heterocycles. The highest BCUT2D eigenvalue weighted by atomic mass is 19.1. The topological polar surface area (TPSA) is 94.3 Å². The first-order valence-electron chi connectivity index (χ1n) is 9.46. The van der Waals surface area contributed by atoms with Gasteiger partial charge in [0, 0.05) is 30.0 Å². The molecule has 0 N–H and O–H groups in total. The first kappa shape index (κ1) is 21.2. The average Bonchev–Trinajstić information content (AvgIpc) is 2.75. The summed E-state index contributed by atoms with van der Waals surface area (Å²) in [5.41, 5.74) is 2.20. The van der Waals surface area contributed by atoms with Crippen LogP contribution in [0.4, 0.5) is 10.1 Å². The second kappa shape index (κ2) is 9.34. The molecule has 30 heavy (non-hydrogen) atoms. The summed E-state index contributed by atoms with van der Waals surface area (Å²) in [6.45, 7) is 1.22. The number of ether oxygens (including phenoxy) is 2. The summed E-state index contributed by atoms with van der Waals surface area (Å²) < 4.78 is 22.8. The molecule has 3 rings (SSSR count). The van der Waals surface area contributed by atoms with Gasteiger partial charge < -0.3 is 9.47 Å². The fourth-order valence-electron chi connectivity index (χ4n) is 3.34. The maximum absolute atomic E-state index is 12.6. The highest BCUT2D eigenvalue weighted by Gasteiger charge is 2.29. The van der Waals surface area contributed by atoms with Crippen LogP contribution in [-0.2, 0) is 11.3 Å². The molecule has 0 bridgehead atoms. The maximum atomic E-state index is 12.6. The number of rotatable bonds is 8. The monoisotopic (exact) mass is 415 g/mol. The van der Waals surface area contributed by atoms with Gasteiger partial charge in [-0.25, -0.2) is 9.40 Å². The van der Waals surface area contributed by atoms with E-state index in [1.807, 2.05) is 6.92 Å². The number of nitro benzene ring substituents is 1. The van der Waals surface area contributed by atoms with E-state index in [1.165, 1.54) is 24.3 Å². The molecule has 2 aromatic rings. The number of nitro groups is 1. The number of carbonyl (C=O) groups excluding carboxylic acids is 1. The minimum atomic E-state index is -0.967. The Morgan fingerprint density at radius 3 is 2.57 bits per heavy atom. The van der Waals surface area contributed by atoms with Gasteiger partial charge in [-0.1, -0.05) is 19.1 Å². The van der Waals surface area contributed by atoms with Gasteiger partial charge in [0.15, 0.2) is 11.5 Å². The molecule has 0 radical (unpaired) electrons. The average molecular weight is 415 g/mol. The Labute approximate surface area is 173 Å². The van der Waals surface area contributed by atoms with Crippen LogP contribution in [0, 0.1) is 16.0 Å². The summed E-state index contributed by atoms with van der Waals surface area (Å²) >= 11 is 0. The van der Waals surface area contributed by atoms with Crippen molar-refractivity contribution in [3.8, 4) is 11.5 Å². The van der Waals surface area contributed by atoms with Gasteiger partial charge in [-0.2, -0.15) is 5.10 Å². The van der Waals surface area contributed by atoms with E-state index >= 15 is 0 Å². The lowest BCUT2D eigenvalue weighted by molar-refractivity contribution is -0.384. The third kappa shape index (κ3) is 4.56. The van der Waals surface area contributed by atoms with Gasteiger partial charge >= 0.3 is 0 Å². The predicted molar refractivity (Wildman–Crippen MR) is 108 cm³/mol. The number of benzene rings is 2. The quantitative estimate of drug-likeness (QED) is 0.478. The second-order valence-electron chi connectivity index (χ2n) is 6.79. The van der Waals surface area contributed by atoms with E-state index in [2.05, 4.69) is 5.10 Å². The van der Waals surface area contributed by atoms with Gasteiger partial charge in [0.1, 0.15) is 0 Å². The number of amides is 1. The number of hydrogen-bond donors (Lipinski definition) is 0. The highest BCUT2D eigenvalue weighted by Crippen LogP contribution is 2.32. The largest absolute Gasteiger partial charge is 0.493 e. The van der Waals surface area contributed by atoms with Crippen LogP contribution in [0.1, 0.15) is 30.9 Å². The molecule has 1 atom stereocenters. The van der Waals surface area contributed by atoms with Crippen LogP contribution < -0.4 is 9.47 Å². The van der Waals surface area contributed by atoms with Crippen molar-refractivity contribution in [3.05, 3.63) is 63.7 Å². The van der Waals surface area contributed by atoms with Crippen LogP contribution in [0.15, 0.2) is 47.6 Å². The van der Waals surface area contributed by atoms with Crippen molar-refractivity contribution >= 4 is 17.3 Å². The smallest absolute Gasteiger partial charge is 0.269 e. The molecule has 1 aliphatic rings. The molecule has 0 saturated heterocycles. The van der Waals surface area contributed by atoms with E-state index in [0.717, 1.165) is 23.3 Å². The summed E-state index contributed by atoms with van der Waals surface area (Å²) in [7, 11) is 1.47. The van der Waals surface area contributed by atoms with Crippen LogP contribution in [0.3, 0.4) is 0 Å². The summed E-state index contributed by atoms with van der Waals surface area (Å²) in [5.74, 6) is 0.477. The molecular weight excluding hydrogens is 393 g/mol. The third-order valence-electron chi connectivity index (χ3n) is 4.97. The van der Waals surface area contributed by atoms with Gasteiger partial charge in [0.25, 0.3) is 5.69 Å². The molecule has 2 aromatic carbocycles. The molecule has 1 aliphatic heterocycles. The maximum Gasteiger partial charge on any atom is 0.269 e. The molecule has 8 nitrogen and oxygen atoms in total. The van der Waals surface area contributed by atoms with E-state index in [1.54, 1.807) is 30.3 Å². The zero-order chi connectivity index (χ0) is 21.7. The summed E-state index contributed by atoms with van der Waals surface area (Å²) in [6, 6.07) is 11.1. The molecular formula is C21H22FN3O5. The Kier molecular flexibility index (Phi) is 6.61. The van der Waals surface area contributed by atoms with Crippen LogP contribution in [0.5, 0.6) is 11.5 Å². The van der Waals surface area contributed by atoms with Crippen molar-refractivity contribution in [1.29, 1.82) is 0 Å². The lowest BCUT2D eigenvalue weighted by atomic mass is 9.89. The van der Waals surface area contributed by atoms with E-state index in [9.17, 15) is 19.3 Å². The Bertz CT molecular complexity index is 962. The first-order valence-corrected chi connectivity index (χ1v) is 9.46. The van der Waals surface area contributed by atoms with Crippen molar-refractivity contribution in [2.45, 2.75) is 26.3 Å². The van der Waals surface area contributed by atoms with Crippen molar-refractivity contribution < 1.29 is 23.6 Å². The minimum Gasteiger partial charge on any atom is -0.493 e. The fourth-order valence-corrected chi connectivity index (χ4v) is 3.34. The van der Waals surface area contributed by atoms with Gasteiger partial charge in [0.05, 0.1) is 24.3 Å². The number of nitrogens with zero attached hydrogens (tertiary/aromatic N) is 3. The third-order valence-corrected chi connectivity index (χ3v) is 4.97. The SMILES string of the molecule is CCC1CC(=O)N(Cc2ccc([N+](=O)[O-])cc2)N=C1c1ccc(OCF)c(OC)c1. The molecule has 158 valence electrons. The number of non-ortho nitro benzene ring substituents is 1. The van der Waals surface area contributed by atoms with Crippen LogP contribution in [0.2, 0.25) is 0 Å². The van der Waals surface area contributed by atoms with Crippen LogP contribution >= 0.6 is 0 Å². The number of carbonyl (C=O) groups is 1. The van der Waals surface area contributed by atoms with Crippen molar-refractivity contribution in [1.82, 2.24) is 5.01 Å². The van der Waals surface area contributed by atoms with Gasteiger partial charge in [0.2, 0.25) is 12.8 Å². The van der Waals surface area contributed by atoms with E-state index < -0.39 is 11.8 Å². The fraction of sp³-hybridized carbons (Fsp3) is 0.333. The van der Waals surface area contributed by atoms with Gasteiger partial charge in [-0.3, -0.25) is 14.9 Å². The number of halogens is 1. The molecule has 1 amide bonds. The number of methoxy groups -OCH3 is 1. The zero-order valence-electron chi connectivity index (χ0n) is 16.7. The molecule has 1 unspecified atom stereocenters. The zero-order valence-corrected chi connectivity index (χ0v) is 16.7. The molecule has 0 fully saturated rings. The number of alkyl halides is 1. The highest BCUT2D eigenvalue weighted by molar-refractivity contribution is 6.06. The predicted octanol–water partition coefficient (Wildman–Crippen LogP) is 4.07. The molecule has 9 heteroatoms. The second-order valence-corrected chi connectivity index (χ2v) is 6.79. The van der Waals surface area contributed by atoms with Gasteiger partial charge in [-0.05, 0) is 30.2 Å². The first-order chi connectivity index (χ1) is 14.5. The van der Waals surface area contributed by atoms with E-state index in [-0.39, 0.29) is 29.8 Å². The molecule has 0 aromatic heterocycles. The number of hydrogen-bond acceptors (Lipinski definition) is 6. The lowest BCUT2D eigenvalue weighted by Gasteiger charge is -2.29. The molecule has 0 saturated carbocycles. The van der Waals surface area contributed by atoms with E-state index in [0.29, 0.717) is 12.2 Å². The Hall–Kier alpha value is -3.49. The summed E-state index contributed by atoms with van der Waals surface area (Å²) in [5, 5.41) is 16.8. The Balaban J connectivity index is 1.91. The Morgan fingerprint density at radius 2 is 1.97 bits per heavy atom. The normalized spacial score (nSPS) is 16.2. The minimum absolute atomic E-state index is 0.0124. The standard InChI is InChI=1S/C21H22FN3O5/c1-3-15-11-20(26)24(12-14-4-7-17(8-5-14)25(27)28)23-21(15)16-6-9-18(30-13-22)19(10-16)29-2/h4-10,15H,3,11-13H2,1-2H3. The molecule has 0 spiro atoms. The van der Waals surface area contributed by atoms with Crippen LogP contribution in [0.25, 0.3) is 0 Å². The van der Waals surface area contributed by atoms with Crippen molar-refractivity contribution in [2.24, 2.45) is 11.0 Å². The molecule has 0 aliphatic carbocycles. The van der Waals surface area contributed by atoms with Gasteiger partial charge in [-0.15, -0.1) is 0 Å². The van der Waals surface area contributed by atoms with Crippen LogP contribution in [-0.4, -0.2) is 35.5 Å². The van der Waals surface area contributed by atoms with Crippen molar-refractivity contribution in [3.63, 3.8) is 0 Å². The van der Waals surface area contributed by atoms with E-state index in [4.69, 9.17) is 9.47 Å². The number of hydrazone groups is 1. The summed E-state index contributed by atoms with van der Waals surface area (Å²) in [4.78, 5) is 23.0. The lowest BCUT2D eigenvalue weighted by Crippen LogP contribution is -2.36. The van der Waals surface area contributed by atoms with Crippen molar-refractivity contribution in [2.75, 3.05) is 14.0 Å². The Morgan fingerprint density at radius 1 is 1.23 bits per heavy atom.